The summed E-state index contributed by atoms with van der Waals surface area (Å²) in [5.74, 6) is -0.905. The van der Waals surface area contributed by atoms with Crippen molar-refractivity contribution in [3.05, 3.63) is 71.1 Å². The van der Waals surface area contributed by atoms with Gasteiger partial charge in [0.05, 0.1) is 4.90 Å². The number of nitrogens with zero attached hydrogens (tertiary/aromatic N) is 1. The second-order valence-corrected chi connectivity index (χ2v) is 13.5. The largest absolute Gasteiger partial charge is 0.347 e. The SMILES string of the molecule is C=C(C)c1ccc(S(=O)(=O)N2CCC(F)(C(=O)N[C@H](C)/C=C\S(C)(=O)=O)CC2)c(-c2ccccc2Cl)c1. The molecular weight excluding hydrogens is 539 g/mol. The van der Waals surface area contributed by atoms with E-state index < -0.39 is 37.5 Å². The first kappa shape index (κ1) is 29.0. The van der Waals surface area contributed by atoms with Gasteiger partial charge in [-0.25, -0.2) is 21.2 Å². The van der Waals surface area contributed by atoms with E-state index in [9.17, 15) is 21.6 Å². The molecule has 37 heavy (non-hydrogen) atoms. The maximum Gasteiger partial charge on any atom is 0.258 e. The highest BCUT2D eigenvalue weighted by atomic mass is 35.5. The highest BCUT2D eigenvalue weighted by Crippen LogP contribution is 2.37. The fourth-order valence-electron chi connectivity index (χ4n) is 4.00. The highest BCUT2D eigenvalue weighted by Gasteiger charge is 2.45. The van der Waals surface area contributed by atoms with E-state index in [1.54, 1.807) is 36.4 Å². The lowest BCUT2D eigenvalue weighted by atomic mass is 9.93. The number of carbonyl (C=O) groups is 1. The zero-order valence-electron chi connectivity index (χ0n) is 20.9. The van der Waals surface area contributed by atoms with Gasteiger partial charge in [0.1, 0.15) is 0 Å². The minimum absolute atomic E-state index is 0.0287. The summed E-state index contributed by atoms with van der Waals surface area (Å²) in [6.45, 7) is 6.86. The summed E-state index contributed by atoms with van der Waals surface area (Å²) in [4.78, 5) is 12.6. The molecule has 2 aromatic carbocycles. The molecule has 0 saturated carbocycles. The number of allylic oxidation sites excluding steroid dienone is 1. The predicted molar refractivity (Wildman–Crippen MR) is 145 cm³/mol. The summed E-state index contributed by atoms with van der Waals surface area (Å²) in [5.41, 5.74) is 0.176. The Labute approximate surface area is 223 Å². The third-order valence-electron chi connectivity index (χ3n) is 6.15. The zero-order chi connectivity index (χ0) is 27.6. The quantitative estimate of drug-likeness (QED) is 0.502. The highest BCUT2D eigenvalue weighted by molar-refractivity contribution is 7.93. The summed E-state index contributed by atoms with van der Waals surface area (Å²) in [7, 11) is -7.45. The van der Waals surface area contributed by atoms with Crippen molar-refractivity contribution in [1.82, 2.24) is 9.62 Å². The molecule has 1 aliphatic heterocycles. The van der Waals surface area contributed by atoms with Crippen molar-refractivity contribution >= 4 is 42.9 Å². The molecular formula is C26H30ClFN2O5S2. The molecule has 3 rings (SSSR count). The molecule has 1 saturated heterocycles. The van der Waals surface area contributed by atoms with E-state index in [0.717, 1.165) is 22.8 Å². The Morgan fingerprint density at radius 1 is 1.14 bits per heavy atom. The number of carbonyl (C=O) groups excluding carboxylic acids is 1. The average Bonchev–Trinajstić information content (AvgIpc) is 2.82. The molecule has 0 unspecified atom stereocenters. The molecule has 0 aromatic heterocycles. The molecule has 1 aliphatic rings. The van der Waals surface area contributed by atoms with Gasteiger partial charge in [-0.3, -0.25) is 4.79 Å². The number of nitrogens with one attached hydrogen (secondary N) is 1. The lowest BCUT2D eigenvalue weighted by molar-refractivity contribution is -0.135. The first-order valence-corrected chi connectivity index (χ1v) is 15.3. The lowest BCUT2D eigenvalue weighted by Gasteiger charge is -2.35. The predicted octanol–water partition coefficient (Wildman–Crippen LogP) is 4.60. The summed E-state index contributed by atoms with van der Waals surface area (Å²) in [6.07, 6.45) is 1.58. The van der Waals surface area contributed by atoms with Crippen LogP contribution >= 0.6 is 11.6 Å². The summed E-state index contributed by atoms with van der Waals surface area (Å²) in [5, 5.41) is 3.77. The first-order valence-electron chi connectivity index (χ1n) is 11.6. The number of hydrogen-bond donors (Lipinski definition) is 1. The van der Waals surface area contributed by atoms with Crippen molar-refractivity contribution in [2.75, 3.05) is 19.3 Å². The number of hydrogen-bond acceptors (Lipinski definition) is 5. The van der Waals surface area contributed by atoms with Crippen molar-refractivity contribution in [2.24, 2.45) is 0 Å². The van der Waals surface area contributed by atoms with Crippen LogP contribution in [0.2, 0.25) is 5.02 Å². The molecule has 7 nitrogen and oxygen atoms in total. The maximum atomic E-state index is 15.5. The van der Waals surface area contributed by atoms with Crippen LogP contribution in [0.25, 0.3) is 16.7 Å². The minimum Gasteiger partial charge on any atom is -0.347 e. The Morgan fingerprint density at radius 2 is 1.76 bits per heavy atom. The van der Waals surface area contributed by atoms with Crippen molar-refractivity contribution in [3.63, 3.8) is 0 Å². The Kier molecular flexibility index (Phi) is 8.68. The molecule has 11 heteroatoms. The molecule has 0 aliphatic carbocycles. The van der Waals surface area contributed by atoms with E-state index in [1.807, 2.05) is 6.92 Å². The van der Waals surface area contributed by atoms with Gasteiger partial charge in [-0.1, -0.05) is 54.1 Å². The maximum absolute atomic E-state index is 15.5. The molecule has 0 bridgehead atoms. The van der Waals surface area contributed by atoms with E-state index in [1.165, 1.54) is 23.4 Å². The number of rotatable bonds is 8. The average molecular weight is 569 g/mol. The van der Waals surface area contributed by atoms with E-state index >= 15 is 4.39 Å². The first-order chi connectivity index (χ1) is 17.1. The molecule has 1 atom stereocenters. The Bertz CT molecular complexity index is 1450. The number of alkyl halides is 1. The molecule has 2 aromatic rings. The molecule has 1 N–H and O–H groups in total. The summed E-state index contributed by atoms with van der Waals surface area (Å²) < 4.78 is 66.6. The fraction of sp³-hybridized carbons (Fsp3) is 0.346. The van der Waals surface area contributed by atoms with Gasteiger partial charge >= 0.3 is 0 Å². The van der Waals surface area contributed by atoms with Crippen LogP contribution in [-0.4, -0.2) is 58.1 Å². The lowest BCUT2D eigenvalue weighted by Crippen LogP contribution is -2.53. The van der Waals surface area contributed by atoms with Gasteiger partial charge in [-0.05, 0) is 37.6 Å². The second kappa shape index (κ2) is 11.1. The van der Waals surface area contributed by atoms with Gasteiger partial charge < -0.3 is 5.32 Å². The standard InChI is InChI=1S/C26H30ClFN2O5S2/c1-18(2)20-9-10-24(22(17-20)21-7-5-6-8-23(21)27)37(34,35)30-14-12-26(28,13-15-30)25(31)29-19(3)11-16-36(4,32)33/h5-11,16-17,19H,1,12-15H2,2-4H3,(H,29,31)/b16-11-/t19-/m1/s1. The topological polar surface area (TPSA) is 101 Å². The Balaban J connectivity index is 1.84. The van der Waals surface area contributed by atoms with E-state index in [0.29, 0.717) is 16.1 Å². The minimum atomic E-state index is -4.06. The van der Waals surface area contributed by atoms with Gasteiger partial charge in [-0.15, -0.1) is 0 Å². The molecule has 1 fully saturated rings. The number of halogens is 2. The Hall–Kier alpha value is -2.53. The third-order valence-corrected chi connectivity index (χ3v) is 9.09. The van der Waals surface area contributed by atoms with Gasteiger partial charge in [-0.2, -0.15) is 4.31 Å². The van der Waals surface area contributed by atoms with Crippen LogP contribution in [0, 0.1) is 0 Å². The fourth-order valence-corrected chi connectivity index (χ4v) is 6.39. The van der Waals surface area contributed by atoms with E-state index in [-0.39, 0.29) is 30.8 Å². The molecule has 0 radical (unpaired) electrons. The van der Waals surface area contributed by atoms with Crippen LogP contribution in [0.3, 0.4) is 0 Å². The van der Waals surface area contributed by atoms with Crippen LogP contribution in [0.4, 0.5) is 4.39 Å². The smallest absolute Gasteiger partial charge is 0.258 e. The van der Waals surface area contributed by atoms with Crippen molar-refractivity contribution in [3.8, 4) is 11.1 Å². The Morgan fingerprint density at radius 3 is 2.32 bits per heavy atom. The van der Waals surface area contributed by atoms with Crippen LogP contribution in [-0.2, 0) is 24.7 Å². The van der Waals surface area contributed by atoms with Gasteiger partial charge in [0.15, 0.2) is 15.5 Å². The van der Waals surface area contributed by atoms with Crippen molar-refractivity contribution in [1.29, 1.82) is 0 Å². The molecule has 1 amide bonds. The molecule has 200 valence electrons. The zero-order valence-corrected chi connectivity index (χ0v) is 23.3. The summed E-state index contributed by atoms with van der Waals surface area (Å²) in [6, 6.07) is 11.1. The molecule has 0 spiro atoms. The normalized spacial score (nSPS) is 17.4. The third kappa shape index (κ3) is 6.87. The number of sulfonamides is 1. The number of piperidine rings is 1. The van der Waals surface area contributed by atoms with Crippen LogP contribution in [0.1, 0.15) is 32.3 Å². The van der Waals surface area contributed by atoms with Crippen LogP contribution < -0.4 is 5.32 Å². The number of benzene rings is 2. The van der Waals surface area contributed by atoms with Gasteiger partial charge in [0, 0.05) is 59.8 Å². The van der Waals surface area contributed by atoms with Crippen molar-refractivity contribution < 1.29 is 26.0 Å². The van der Waals surface area contributed by atoms with Crippen LogP contribution in [0.15, 0.2) is 65.4 Å². The second-order valence-electron chi connectivity index (χ2n) is 9.26. The monoisotopic (exact) mass is 568 g/mol. The van der Waals surface area contributed by atoms with Gasteiger partial charge in [0.25, 0.3) is 5.91 Å². The summed E-state index contributed by atoms with van der Waals surface area (Å²) >= 11 is 6.40. The van der Waals surface area contributed by atoms with Crippen molar-refractivity contribution in [2.45, 2.75) is 43.3 Å². The van der Waals surface area contributed by atoms with Crippen LogP contribution in [0.5, 0.6) is 0 Å². The number of sulfone groups is 1. The van der Waals surface area contributed by atoms with E-state index in [2.05, 4.69) is 11.9 Å². The molecule has 1 heterocycles. The van der Waals surface area contributed by atoms with E-state index in [4.69, 9.17) is 11.6 Å². The number of amides is 1. The van der Waals surface area contributed by atoms with Gasteiger partial charge in [0.2, 0.25) is 10.0 Å².